The number of hydrogen-bond acceptors (Lipinski definition) is 7. The lowest BCUT2D eigenvalue weighted by Crippen LogP contribution is -2.14. The summed E-state index contributed by atoms with van der Waals surface area (Å²) in [7, 11) is 3.12. The Hall–Kier alpha value is -3.11. The molecular formula is C21H18BrN5O3S. The summed E-state index contributed by atoms with van der Waals surface area (Å²) >= 11 is 4.69. The van der Waals surface area contributed by atoms with Crippen molar-refractivity contribution in [1.82, 2.24) is 19.8 Å². The van der Waals surface area contributed by atoms with Crippen molar-refractivity contribution in [2.45, 2.75) is 5.16 Å². The molecule has 0 fully saturated rings. The van der Waals surface area contributed by atoms with Crippen LogP contribution in [0.25, 0.3) is 16.9 Å². The van der Waals surface area contributed by atoms with Crippen LogP contribution in [0.2, 0.25) is 0 Å². The highest BCUT2D eigenvalue weighted by Crippen LogP contribution is 2.26. The maximum Gasteiger partial charge on any atom is 0.234 e. The number of anilines is 1. The van der Waals surface area contributed by atoms with Crippen LogP contribution in [0.4, 0.5) is 5.69 Å². The van der Waals surface area contributed by atoms with Crippen LogP contribution in [0.5, 0.6) is 11.5 Å². The van der Waals surface area contributed by atoms with Gasteiger partial charge in [0.25, 0.3) is 0 Å². The Morgan fingerprint density at radius 1 is 1.03 bits per heavy atom. The van der Waals surface area contributed by atoms with Crippen molar-refractivity contribution in [2.75, 3.05) is 25.3 Å². The highest BCUT2D eigenvalue weighted by molar-refractivity contribution is 9.10. The zero-order valence-electron chi connectivity index (χ0n) is 16.7. The van der Waals surface area contributed by atoms with E-state index in [1.807, 2.05) is 36.4 Å². The molecule has 4 rings (SSSR count). The first-order valence-electron chi connectivity index (χ1n) is 9.20. The third-order valence-corrected chi connectivity index (χ3v) is 5.79. The molecule has 2 aromatic carbocycles. The molecule has 0 atom stereocenters. The number of halogens is 1. The van der Waals surface area contributed by atoms with Gasteiger partial charge in [-0.2, -0.15) is 9.61 Å². The topological polar surface area (TPSA) is 90.6 Å². The average Bonchev–Trinajstić information content (AvgIpc) is 3.20. The molecular weight excluding hydrogens is 482 g/mol. The predicted octanol–water partition coefficient (Wildman–Crippen LogP) is 4.30. The maximum absolute atomic E-state index is 12.5. The van der Waals surface area contributed by atoms with E-state index in [1.165, 1.54) is 11.8 Å². The molecule has 4 aromatic rings. The summed E-state index contributed by atoms with van der Waals surface area (Å²) in [5.41, 5.74) is 2.96. The zero-order chi connectivity index (χ0) is 21.8. The molecule has 1 amide bonds. The van der Waals surface area contributed by atoms with Gasteiger partial charge in [-0.05, 0) is 24.3 Å². The lowest BCUT2D eigenvalue weighted by Gasteiger charge is -2.09. The van der Waals surface area contributed by atoms with Crippen LogP contribution in [0.1, 0.15) is 0 Å². The molecule has 8 nitrogen and oxygen atoms in total. The summed E-state index contributed by atoms with van der Waals surface area (Å²) in [6.07, 6.45) is 0. The average molecular weight is 500 g/mol. The van der Waals surface area contributed by atoms with Crippen molar-refractivity contribution >= 4 is 44.9 Å². The molecule has 0 unspecified atom stereocenters. The van der Waals surface area contributed by atoms with E-state index < -0.39 is 0 Å². The van der Waals surface area contributed by atoms with Crippen LogP contribution < -0.4 is 14.8 Å². The number of carbonyl (C=O) groups is 1. The number of nitrogens with one attached hydrogen (secondary N) is 1. The van der Waals surface area contributed by atoms with Crippen LogP contribution in [0.3, 0.4) is 0 Å². The fraction of sp³-hybridized carbons (Fsp3) is 0.143. The second-order valence-corrected chi connectivity index (χ2v) is 8.27. The summed E-state index contributed by atoms with van der Waals surface area (Å²) in [5.74, 6) is 1.14. The molecule has 0 aliphatic rings. The molecule has 0 aliphatic carbocycles. The van der Waals surface area contributed by atoms with Gasteiger partial charge in [-0.1, -0.05) is 39.8 Å². The monoisotopic (exact) mass is 499 g/mol. The van der Waals surface area contributed by atoms with E-state index in [2.05, 4.69) is 36.5 Å². The zero-order valence-corrected chi connectivity index (χ0v) is 19.1. The molecule has 0 spiro atoms. The standard InChI is InChI=1S/C21H18BrN5O3S/c1-29-16-9-15(10-17(11-16)30-2)23-20(28)12-31-21-25-24-19-8-7-18(26-27(19)21)13-3-5-14(22)6-4-13/h3-11H,12H2,1-2H3,(H,23,28). The van der Waals surface area contributed by atoms with Crippen molar-refractivity contribution in [1.29, 1.82) is 0 Å². The summed E-state index contributed by atoms with van der Waals surface area (Å²) in [6, 6.07) is 16.8. The molecule has 0 radical (unpaired) electrons. The Balaban J connectivity index is 1.48. The van der Waals surface area contributed by atoms with Gasteiger partial charge >= 0.3 is 0 Å². The van der Waals surface area contributed by atoms with E-state index in [-0.39, 0.29) is 11.7 Å². The van der Waals surface area contributed by atoms with Gasteiger partial charge in [0.15, 0.2) is 5.65 Å². The Kier molecular flexibility index (Phi) is 6.38. The molecule has 0 saturated heterocycles. The minimum atomic E-state index is -0.193. The van der Waals surface area contributed by atoms with Crippen LogP contribution in [-0.4, -0.2) is 45.7 Å². The Morgan fingerprint density at radius 3 is 2.42 bits per heavy atom. The van der Waals surface area contributed by atoms with Crippen molar-refractivity contribution in [2.24, 2.45) is 0 Å². The molecule has 0 saturated carbocycles. The fourth-order valence-electron chi connectivity index (χ4n) is 2.84. The maximum atomic E-state index is 12.5. The fourth-order valence-corrected chi connectivity index (χ4v) is 3.79. The second kappa shape index (κ2) is 9.36. The van der Waals surface area contributed by atoms with Crippen LogP contribution in [0.15, 0.2) is 64.2 Å². The number of aromatic nitrogens is 4. The minimum absolute atomic E-state index is 0.143. The van der Waals surface area contributed by atoms with Crippen molar-refractivity contribution < 1.29 is 14.3 Å². The van der Waals surface area contributed by atoms with Gasteiger partial charge in [-0.15, -0.1) is 10.2 Å². The molecule has 158 valence electrons. The van der Waals surface area contributed by atoms with Crippen molar-refractivity contribution in [3.63, 3.8) is 0 Å². The van der Waals surface area contributed by atoms with E-state index in [9.17, 15) is 4.79 Å². The lowest BCUT2D eigenvalue weighted by molar-refractivity contribution is -0.113. The van der Waals surface area contributed by atoms with Gasteiger partial charge in [0.2, 0.25) is 11.1 Å². The SMILES string of the molecule is COc1cc(NC(=O)CSc2nnc3ccc(-c4ccc(Br)cc4)nn23)cc(OC)c1. The Labute approximate surface area is 191 Å². The molecule has 0 bridgehead atoms. The number of nitrogens with zero attached hydrogens (tertiary/aromatic N) is 4. The summed E-state index contributed by atoms with van der Waals surface area (Å²) in [4.78, 5) is 12.5. The number of benzene rings is 2. The van der Waals surface area contributed by atoms with Gasteiger partial charge in [0.1, 0.15) is 11.5 Å². The number of thioether (sulfide) groups is 1. The third kappa shape index (κ3) is 4.97. The second-order valence-electron chi connectivity index (χ2n) is 6.42. The van der Waals surface area contributed by atoms with Gasteiger partial charge in [-0.25, -0.2) is 0 Å². The third-order valence-electron chi connectivity index (χ3n) is 4.34. The number of rotatable bonds is 7. The predicted molar refractivity (Wildman–Crippen MR) is 123 cm³/mol. The first-order valence-corrected chi connectivity index (χ1v) is 11.0. The highest BCUT2D eigenvalue weighted by atomic mass is 79.9. The van der Waals surface area contributed by atoms with Crippen LogP contribution in [0, 0.1) is 0 Å². The van der Waals surface area contributed by atoms with E-state index >= 15 is 0 Å². The van der Waals surface area contributed by atoms with Crippen molar-refractivity contribution in [3.8, 4) is 22.8 Å². The number of hydrogen-bond donors (Lipinski definition) is 1. The van der Waals surface area contributed by atoms with E-state index in [0.717, 1.165) is 15.7 Å². The van der Waals surface area contributed by atoms with Crippen molar-refractivity contribution in [3.05, 3.63) is 59.1 Å². The molecule has 0 aliphatic heterocycles. The quantitative estimate of drug-likeness (QED) is 0.379. The smallest absolute Gasteiger partial charge is 0.234 e. The summed E-state index contributed by atoms with van der Waals surface area (Å²) in [5, 5.41) is 16.3. The molecule has 10 heteroatoms. The van der Waals surface area contributed by atoms with Gasteiger partial charge < -0.3 is 14.8 Å². The molecule has 31 heavy (non-hydrogen) atoms. The Bertz CT molecular complexity index is 1210. The first kappa shape index (κ1) is 21.1. The summed E-state index contributed by atoms with van der Waals surface area (Å²) < 4.78 is 13.1. The summed E-state index contributed by atoms with van der Waals surface area (Å²) in [6.45, 7) is 0. The molecule has 2 aromatic heterocycles. The lowest BCUT2D eigenvalue weighted by atomic mass is 10.1. The number of carbonyl (C=O) groups excluding carboxylic acids is 1. The van der Waals surface area contributed by atoms with E-state index in [4.69, 9.17) is 9.47 Å². The van der Waals surface area contributed by atoms with E-state index in [0.29, 0.717) is 28.0 Å². The molecule has 1 N–H and O–H groups in total. The minimum Gasteiger partial charge on any atom is -0.497 e. The van der Waals surface area contributed by atoms with Crippen LogP contribution >= 0.6 is 27.7 Å². The number of methoxy groups -OCH3 is 2. The molecule has 2 heterocycles. The number of amides is 1. The van der Waals surface area contributed by atoms with Crippen LogP contribution in [-0.2, 0) is 4.79 Å². The Morgan fingerprint density at radius 2 is 1.74 bits per heavy atom. The first-order chi connectivity index (χ1) is 15.1. The number of fused-ring (bicyclic) bond motifs is 1. The van der Waals surface area contributed by atoms with Gasteiger partial charge in [0, 0.05) is 33.9 Å². The van der Waals surface area contributed by atoms with Gasteiger partial charge in [-0.3, -0.25) is 4.79 Å². The highest BCUT2D eigenvalue weighted by Gasteiger charge is 2.13. The van der Waals surface area contributed by atoms with E-state index in [1.54, 1.807) is 36.9 Å². The largest absolute Gasteiger partial charge is 0.497 e. The van der Waals surface area contributed by atoms with Gasteiger partial charge in [0.05, 0.1) is 25.7 Å². The normalized spacial score (nSPS) is 10.8. The number of ether oxygens (including phenoxy) is 2.